The van der Waals surface area contributed by atoms with Crippen LogP contribution in [0.3, 0.4) is 0 Å². The molecule has 0 aliphatic carbocycles. The van der Waals surface area contributed by atoms with E-state index in [-0.39, 0.29) is 23.2 Å². The molecule has 0 spiro atoms. The smallest absolute Gasteiger partial charge is 0.253 e. The van der Waals surface area contributed by atoms with Gasteiger partial charge in [-0.3, -0.25) is 9.59 Å². The Morgan fingerprint density at radius 2 is 1.96 bits per heavy atom. The molecule has 1 fully saturated rings. The Balaban J connectivity index is 1.60. The number of anilines is 1. The van der Waals surface area contributed by atoms with Gasteiger partial charge in [0, 0.05) is 23.1 Å². The predicted molar refractivity (Wildman–Crippen MR) is 113 cm³/mol. The van der Waals surface area contributed by atoms with Crippen molar-refractivity contribution in [2.45, 2.75) is 36.0 Å². The maximum atomic E-state index is 12.6. The van der Waals surface area contributed by atoms with Gasteiger partial charge in [-0.15, -0.1) is 11.8 Å². The molecule has 2 aromatic rings. The van der Waals surface area contributed by atoms with E-state index in [1.807, 2.05) is 19.1 Å². The van der Waals surface area contributed by atoms with Crippen LogP contribution in [0.15, 0.2) is 53.4 Å². The van der Waals surface area contributed by atoms with Crippen molar-refractivity contribution in [2.75, 3.05) is 18.5 Å². The predicted octanol–water partition coefficient (Wildman–Crippen LogP) is 4.37. The first-order valence-corrected chi connectivity index (χ1v) is 10.5. The topological polar surface area (TPSA) is 67.4 Å². The number of thioether (sulfide) groups is 1. The fourth-order valence-corrected chi connectivity index (χ4v) is 3.90. The highest BCUT2D eigenvalue weighted by Crippen LogP contribution is 2.26. The van der Waals surface area contributed by atoms with Crippen molar-refractivity contribution in [1.82, 2.24) is 5.32 Å². The summed E-state index contributed by atoms with van der Waals surface area (Å²) >= 11 is 7.33. The molecule has 0 saturated carbocycles. The van der Waals surface area contributed by atoms with Gasteiger partial charge in [-0.25, -0.2) is 0 Å². The fraction of sp³-hybridized carbons (Fsp3) is 0.333. The van der Waals surface area contributed by atoms with Crippen LogP contribution in [0.4, 0.5) is 5.69 Å². The van der Waals surface area contributed by atoms with Gasteiger partial charge in [0.25, 0.3) is 5.91 Å². The monoisotopic (exact) mass is 418 g/mol. The number of nitrogens with one attached hydrogen (secondary N) is 2. The van der Waals surface area contributed by atoms with Crippen molar-refractivity contribution in [1.29, 1.82) is 0 Å². The fourth-order valence-electron chi connectivity index (χ4n) is 2.90. The summed E-state index contributed by atoms with van der Waals surface area (Å²) in [5, 5.41) is 6.10. The number of benzene rings is 2. The molecule has 2 atom stereocenters. The van der Waals surface area contributed by atoms with Gasteiger partial charge < -0.3 is 15.4 Å². The molecule has 1 aliphatic heterocycles. The third-order valence-electron chi connectivity index (χ3n) is 4.44. The Kier molecular flexibility index (Phi) is 7.36. The summed E-state index contributed by atoms with van der Waals surface area (Å²) in [4.78, 5) is 26.1. The van der Waals surface area contributed by atoms with E-state index in [0.717, 1.165) is 24.3 Å². The third kappa shape index (κ3) is 5.74. The standard InChI is InChI=1S/C21H23ClN2O3S/c1-14(28-17-10-8-15(22)9-11-17)20(25)24-19-7-3-2-6-18(19)21(26)23-13-16-5-4-12-27-16/h2-3,6-11,14,16H,4-5,12-13H2,1H3,(H,23,26)(H,24,25)/t14-,16+/m1/s1. The first-order valence-electron chi connectivity index (χ1n) is 9.25. The van der Waals surface area contributed by atoms with Crippen LogP contribution in [0.25, 0.3) is 0 Å². The van der Waals surface area contributed by atoms with Crippen LogP contribution in [-0.4, -0.2) is 36.3 Å². The molecule has 28 heavy (non-hydrogen) atoms. The van der Waals surface area contributed by atoms with Gasteiger partial charge in [-0.05, 0) is 56.2 Å². The van der Waals surface area contributed by atoms with E-state index in [9.17, 15) is 9.59 Å². The van der Waals surface area contributed by atoms with Crippen LogP contribution in [0.5, 0.6) is 0 Å². The molecule has 0 radical (unpaired) electrons. The lowest BCUT2D eigenvalue weighted by atomic mass is 10.1. The molecule has 2 aromatic carbocycles. The molecular weight excluding hydrogens is 396 g/mol. The maximum Gasteiger partial charge on any atom is 0.253 e. The molecule has 0 bridgehead atoms. The summed E-state index contributed by atoms with van der Waals surface area (Å²) in [6.07, 6.45) is 2.05. The molecule has 2 amide bonds. The number of carbonyl (C=O) groups is 2. The van der Waals surface area contributed by atoms with Crippen LogP contribution < -0.4 is 10.6 Å². The number of para-hydroxylation sites is 1. The van der Waals surface area contributed by atoms with Crippen LogP contribution in [0.1, 0.15) is 30.1 Å². The van der Waals surface area contributed by atoms with E-state index >= 15 is 0 Å². The molecule has 5 nitrogen and oxygen atoms in total. The van der Waals surface area contributed by atoms with E-state index in [2.05, 4.69) is 10.6 Å². The van der Waals surface area contributed by atoms with Crippen LogP contribution in [0.2, 0.25) is 5.02 Å². The minimum Gasteiger partial charge on any atom is -0.376 e. The van der Waals surface area contributed by atoms with Crippen LogP contribution >= 0.6 is 23.4 Å². The second kappa shape index (κ2) is 9.96. The molecule has 2 N–H and O–H groups in total. The van der Waals surface area contributed by atoms with Crippen molar-refractivity contribution in [2.24, 2.45) is 0 Å². The van der Waals surface area contributed by atoms with E-state index in [1.54, 1.807) is 36.4 Å². The summed E-state index contributed by atoms with van der Waals surface area (Å²) < 4.78 is 5.53. The Labute approximate surface area is 174 Å². The SMILES string of the molecule is C[C@@H](Sc1ccc(Cl)cc1)C(=O)Nc1ccccc1C(=O)NC[C@@H]1CCCO1. The summed E-state index contributed by atoms with van der Waals surface area (Å²) in [7, 11) is 0. The van der Waals surface area contributed by atoms with Crippen LogP contribution in [-0.2, 0) is 9.53 Å². The van der Waals surface area contributed by atoms with E-state index in [1.165, 1.54) is 11.8 Å². The Morgan fingerprint density at radius 1 is 1.21 bits per heavy atom. The van der Waals surface area contributed by atoms with Crippen LogP contribution in [0, 0.1) is 0 Å². The average Bonchev–Trinajstić information content (AvgIpc) is 3.22. The van der Waals surface area contributed by atoms with E-state index < -0.39 is 0 Å². The zero-order valence-electron chi connectivity index (χ0n) is 15.6. The number of halogens is 1. The first kappa shape index (κ1) is 20.7. The molecule has 1 saturated heterocycles. The third-order valence-corrected chi connectivity index (χ3v) is 5.80. The molecule has 1 aliphatic rings. The lowest BCUT2D eigenvalue weighted by Crippen LogP contribution is -2.32. The molecule has 1 heterocycles. The molecular formula is C21H23ClN2O3S. The highest BCUT2D eigenvalue weighted by atomic mass is 35.5. The quantitative estimate of drug-likeness (QED) is 0.655. The number of ether oxygens (including phenoxy) is 1. The average molecular weight is 419 g/mol. The number of hydrogen-bond donors (Lipinski definition) is 2. The van der Waals surface area contributed by atoms with Crippen molar-refractivity contribution in [3.63, 3.8) is 0 Å². The number of hydrogen-bond acceptors (Lipinski definition) is 4. The van der Waals surface area contributed by atoms with E-state index in [0.29, 0.717) is 22.8 Å². The molecule has 0 aromatic heterocycles. The summed E-state index contributed by atoms with van der Waals surface area (Å²) in [6, 6.07) is 14.4. The highest BCUT2D eigenvalue weighted by Gasteiger charge is 2.20. The van der Waals surface area contributed by atoms with Gasteiger partial charge in [0.05, 0.1) is 22.6 Å². The normalized spacial score (nSPS) is 17.1. The van der Waals surface area contributed by atoms with Gasteiger partial charge in [0.15, 0.2) is 0 Å². The number of carbonyl (C=O) groups excluding carboxylic acids is 2. The second-order valence-electron chi connectivity index (χ2n) is 6.59. The van der Waals surface area contributed by atoms with Crippen molar-refractivity contribution < 1.29 is 14.3 Å². The van der Waals surface area contributed by atoms with Gasteiger partial charge in [-0.2, -0.15) is 0 Å². The molecule has 0 unspecified atom stereocenters. The lowest BCUT2D eigenvalue weighted by Gasteiger charge is -2.16. The molecule has 148 valence electrons. The minimum absolute atomic E-state index is 0.0708. The Bertz CT molecular complexity index is 823. The van der Waals surface area contributed by atoms with Crippen molar-refractivity contribution >= 4 is 40.9 Å². The minimum atomic E-state index is -0.329. The van der Waals surface area contributed by atoms with E-state index in [4.69, 9.17) is 16.3 Å². The Hall–Kier alpha value is -2.02. The second-order valence-corrected chi connectivity index (χ2v) is 8.44. The lowest BCUT2D eigenvalue weighted by molar-refractivity contribution is -0.115. The highest BCUT2D eigenvalue weighted by molar-refractivity contribution is 8.00. The first-order chi connectivity index (χ1) is 13.5. The van der Waals surface area contributed by atoms with Gasteiger partial charge >= 0.3 is 0 Å². The van der Waals surface area contributed by atoms with Gasteiger partial charge in [0.1, 0.15) is 0 Å². The maximum absolute atomic E-state index is 12.6. The number of rotatable bonds is 7. The van der Waals surface area contributed by atoms with Gasteiger partial charge in [-0.1, -0.05) is 23.7 Å². The zero-order valence-corrected chi connectivity index (χ0v) is 17.2. The van der Waals surface area contributed by atoms with Gasteiger partial charge in [0.2, 0.25) is 5.91 Å². The van der Waals surface area contributed by atoms with Crippen molar-refractivity contribution in [3.05, 3.63) is 59.1 Å². The molecule has 7 heteroatoms. The Morgan fingerprint density at radius 3 is 2.68 bits per heavy atom. The summed E-state index contributed by atoms with van der Waals surface area (Å²) in [6.45, 7) is 3.05. The summed E-state index contributed by atoms with van der Waals surface area (Å²) in [5.74, 6) is -0.385. The largest absolute Gasteiger partial charge is 0.376 e. The summed E-state index contributed by atoms with van der Waals surface area (Å²) in [5.41, 5.74) is 0.943. The molecule has 3 rings (SSSR count). The number of amides is 2. The van der Waals surface area contributed by atoms with Crippen molar-refractivity contribution in [3.8, 4) is 0 Å². The zero-order chi connectivity index (χ0) is 19.9.